The van der Waals surface area contributed by atoms with Gasteiger partial charge in [0.15, 0.2) is 6.20 Å². The first-order valence-electron chi connectivity index (χ1n) is 8.62. The maximum absolute atomic E-state index is 8.35. The molecule has 1 aliphatic carbocycles. The van der Waals surface area contributed by atoms with Crippen LogP contribution < -0.4 is 4.57 Å². The molecular weight excluding hydrogens is 278 g/mol. The summed E-state index contributed by atoms with van der Waals surface area (Å²) < 4.78 is 10.4. The average Bonchev–Trinajstić information content (AvgIpc) is 2.76. The van der Waals surface area contributed by atoms with Crippen LogP contribution in [-0.4, -0.2) is 0 Å². The van der Waals surface area contributed by atoms with Crippen LogP contribution in [0.5, 0.6) is 0 Å². The van der Waals surface area contributed by atoms with Gasteiger partial charge in [0, 0.05) is 23.1 Å². The highest BCUT2D eigenvalue weighted by atomic mass is 14.9. The maximum atomic E-state index is 8.35. The molecule has 0 saturated heterocycles. The fraction of sp³-hybridized carbons (Fsp3) is 0.227. The summed E-state index contributed by atoms with van der Waals surface area (Å²) >= 11 is 0. The third-order valence-corrected chi connectivity index (χ3v) is 5.16. The molecule has 0 radical (unpaired) electrons. The number of rotatable bonds is 1. The quantitative estimate of drug-likeness (QED) is 0.569. The molecule has 1 heterocycles. The monoisotopic (exact) mass is 301 g/mol. The molecule has 3 aromatic rings. The predicted molar refractivity (Wildman–Crippen MR) is 95.4 cm³/mol. The van der Waals surface area contributed by atoms with Gasteiger partial charge in [-0.25, -0.2) is 4.57 Å². The lowest BCUT2D eigenvalue weighted by molar-refractivity contribution is -0.660. The second-order valence-corrected chi connectivity index (χ2v) is 7.00. The molecule has 1 aromatic heterocycles. The molecule has 1 aliphatic rings. The van der Waals surface area contributed by atoms with Crippen molar-refractivity contribution < 1.29 is 5.94 Å². The highest BCUT2D eigenvalue weighted by Crippen LogP contribution is 2.49. The van der Waals surface area contributed by atoms with Crippen LogP contribution in [-0.2, 0) is 12.5 Å². The number of aromatic nitrogens is 1. The highest BCUT2D eigenvalue weighted by molar-refractivity contribution is 5.84. The fourth-order valence-electron chi connectivity index (χ4n) is 3.85. The second kappa shape index (κ2) is 4.79. The Morgan fingerprint density at radius 1 is 0.913 bits per heavy atom. The molecule has 0 spiro atoms. The third kappa shape index (κ3) is 1.96. The van der Waals surface area contributed by atoms with E-state index in [9.17, 15) is 0 Å². The lowest BCUT2D eigenvalue weighted by atomic mass is 9.81. The van der Waals surface area contributed by atoms with Crippen LogP contribution in [0.4, 0.5) is 0 Å². The molecule has 1 heteroatoms. The molecule has 4 rings (SSSR count). The molecule has 0 atom stereocenters. The van der Waals surface area contributed by atoms with Crippen molar-refractivity contribution in [3.05, 3.63) is 77.5 Å². The number of hydrogen-bond donors (Lipinski definition) is 0. The van der Waals surface area contributed by atoms with Gasteiger partial charge in [-0.15, -0.1) is 0 Å². The van der Waals surface area contributed by atoms with Gasteiger partial charge in [-0.05, 0) is 46.9 Å². The van der Waals surface area contributed by atoms with E-state index in [0.29, 0.717) is 6.04 Å². The van der Waals surface area contributed by atoms with E-state index < -0.39 is 0 Å². The van der Waals surface area contributed by atoms with Crippen LogP contribution in [0.1, 0.15) is 31.9 Å². The largest absolute Gasteiger partial charge is 0.212 e. The van der Waals surface area contributed by atoms with Gasteiger partial charge in [0.2, 0.25) is 5.69 Å². The average molecular weight is 301 g/mol. The van der Waals surface area contributed by atoms with E-state index in [-0.39, 0.29) is 5.41 Å². The number of pyridine rings is 1. The van der Waals surface area contributed by atoms with Crippen molar-refractivity contribution >= 4 is 0 Å². The fourth-order valence-corrected chi connectivity index (χ4v) is 3.85. The zero-order valence-electron chi connectivity index (χ0n) is 15.1. The van der Waals surface area contributed by atoms with Crippen LogP contribution in [0, 0.1) is 6.92 Å². The summed E-state index contributed by atoms with van der Waals surface area (Å²) in [6, 6.07) is 17.7. The Morgan fingerprint density at radius 3 is 2.48 bits per heavy atom. The molecule has 2 aromatic carbocycles. The van der Waals surface area contributed by atoms with Gasteiger partial charge in [0.1, 0.15) is 7.05 Å². The van der Waals surface area contributed by atoms with E-state index in [0.717, 1.165) is 11.3 Å². The van der Waals surface area contributed by atoms with Crippen molar-refractivity contribution in [2.45, 2.75) is 26.2 Å². The lowest BCUT2D eigenvalue weighted by Crippen LogP contribution is -2.30. The minimum Gasteiger partial charge on any atom is -0.201 e. The van der Waals surface area contributed by atoms with Crippen molar-refractivity contribution in [3.63, 3.8) is 0 Å². The Bertz CT molecular complexity index is 949. The molecule has 1 nitrogen and oxygen atoms in total. The minimum atomic E-state index is -0.0100. The topological polar surface area (TPSA) is 3.88 Å². The second-order valence-electron chi connectivity index (χ2n) is 7.00. The van der Waals surface area contributed by atoms with Gasteiger partial charge >= 0.3 is 0 Å². The molecule has 114 valence electrons. The molecule has 0 fully saturated rings. The number of fused-ring (bicyclic) bond motifs is 3. The molecule has 0 unspecified atom stereocenters. The van der Waals surface area contributed by atoms with E-state index in [4.69, 9.17) is 1.37 Å². The SMILES string of the molecule is [2H]c1ccc[n+](C)c1-c1cc2c(cc1C)-c1ccccc1C2(C)C. The van der Waals surface area contributed by atoms with E-state index in [1.54, 1.807) is 0 Å². The zero-order valence-corrected chi connectivity index (χ0v) is 14.1. The molecule has 0 saturated carbocycles. The first-order chi connectivity index (χ1) is 11.4. The summed E-state index contributed by atoms with van der Waals surface area (Å²) in [6.07, 6.45) is 2.01. The van der Waals surface area contributed by atoms with Crippen molar-refractivity contribution in [3.8, 4) is 22.4 Å². The molecule has 0 N–H and O–H groups in total. The summed E-state index contributed by atoms with van der Waals surface area (Å²) in [5.41, 5.74) is 8.76. The van der Waals surface area contributed by atoms with Gasteiger partial charge in [-0.1, -0.05) is 44.2 Å². The summed E-state index contributed by atoms with van der Waals surface area (Å²) in [5.74, 6) is 0. The molecule has 0 aliphatic heterocycles. The van der Waals surface area contributed by atoms with Crippen LogP contribution in [0.15, 0.2) is 60.8 Å². The van der Waals surface area contributed by atoms with Gasteiger partial charge in [0.25, 0.3) is 0 Å². The summed E-state index contributed by atoms with van der Waals surface area (Å²) in [6.45, 7) is 6.74. The summed E-state index contributed by atoms with van der Waals surface area (Å²) in [5, 5.41) is 0. The first-order valence-corrected chi connectivity index (χ1v) is 8.12. The first kappa shape index (κ1) is 13.1. The highest BCUT2D eigenvalue weighted by Gasteiger charge is 2.36. The van der Waals surface area contributed by atoms with Crippen LogP contribution in [0.25, 0.3) is 22.4 Å². The Hall–Kier alpha value is -2.41. The van der Waals surface area contributed by atoms with Gasteiger partial charge in [-0.2, -0.15) is 0 Å². The van der Waals surface area contributed by atoms with Crippen LogP contribution >= 0.6 is 0 Å². The van der Waals surface area contributed by atoms with Gasteiger partial charge < -0.3 is 0 Å². The lowest BCUT2D eigenvalue weighted by Gasteiger charge is -2.22. The predicted octanol–water partition coefficient (Wildman–Crippen LogP) is 4.79. The van der Waals surface area contributed by atoms with Crippen LogP contribution in [0.2, 0.25) is 0 Å². The number of hydrogen-bond acceptors (Lipinski definition) is 0. The maximum Gasteiger partial charge on any atom is 0.212 e. The molecular formula is C22H22N+. The van der Waals surface area contributed by atoms with Crippen molar-refractivity contribution in [2.24, 2.45) is 7.05 Å². The van der Waals surface area contributed by atoms with E-state index in [1.807, 2.05) is 29.9 Å². The molecule has 0 bridgehead atoms. The van der Waals surface area contributed by atoms with Crippen molar-refractivity contribution in [2.75, 3.05) is 0 Å². The number of nitrogens with zero attached hydrogens (tertiary/aromatic N) is 1. The van der Waals surface area contributed by atoms with Gasteiger partial charge in [-0.3, -0.25) is 0 Å². The van der Waals surface area contributed by atoms with E-state index >= 15 is 0 Å². The smallest absolute Gasteiger partial charge is 0.201 e. The Kier molecular flexibility index (Phi) is 2.72. The van der Waals surface area contributed by atoms with Gasteiger partial charge in [0.05, 0.1) is 1.37 Å². The standard InChI is InChI=1S/C22H22N/c1-15-13-18-16-9-5-6-10-19(16)22(2,3)20(18)14-17(15)21-11-7-8-12-23(21)4/h5-14H,1-4H3/q+1/i11D. The van der Waals surface area contributed by atoms with Crippen LogP contribution in [0.3, 0.4) is 0 Å². The Labute approximate surface area is 139 Å². The number of benzene rings is 2. The van der Waals surface area contributed by atoms with E-state index in [2.05, 4.69) is 57.2 Å². The zero-order chi connectivity index (χ0) is 17.1. The Balaban J connectivity index is 2.03. The molecule has 23 heavy (non-hydrogen) atoms. The molecule has 0 amide bonds. The number of aryl methyl sites for hydroxylation is 2. The Morgan fingerprint density at radius 2 is 1.70 bits per heavy atom. The third-order valence-electron chi connectivity index (χ3n) is 5.16. The summed E-state index contributed by atoms with van der Waals surface area (Å²) in [4.78, 5) is 0. The minimum absolute atomic E-state index is 0.0100. The summed E-state index contributed by atoms with van der Waals surface area (Å²) in [7, 11) is 2.01. The van der Waals surface area contributed by atoms with Crippen molar-refractivity contribution in [1.29, 1.82) is 0 Å². The van der Waals surface area contributed by atoms with E-state index in [1.165, 1.54) is 27.8 Å². The van der Waals surface area contributed by atoms with Crippen molar-refractivity contribution in [1.82, 2.24) is 0 Å². The normalized spacial score (nSPS) is 15.0.